The molecule has 0 bridgehead atoms. The van der Waals surface area contributed by atoms with Crippen LogP contribution in [-0.2, 0) is 21.1 Å². The molecule has 0 heterocycles. The van der Waals surface area contributed by atoms with Crippen LogP contribution in [0.15, 0.2) is 0 Å². The molecule has 0 nitrogen and oxygen atoms in total. The third-order valence-electron chi connectivity index (χ3n) is 0. The Kier molecular flexibility index (Phi) is 985. The van der Waals surface area contributed by atoms with E-state index in [0.29, 0.717) is 0 Å². The third kappa shape index (κ3) is 31.5. The summed E-state index contributed by atoms with van der Waals surface area (Å²) in [6, 6.07) is 0. The Hall–Kier alpha value is 1.42. The van der Waals surface area contributed by atoms with Gasteiger partial charge in [-0.1, -0.05) is 0 Å². The Bertz CT molecular complexity index is 6.85. The fraction of sp³-hybridized carbons (Fsp3) is 0. The van der Waals surface area contributed by atoms with Crippen LogP contribution in [0.1, 0.15) is 0 Å². The maximum atomic E-state index is 0. The number of halogens is 1. The van der Waals surface area contributed by atoms with Gasteiger partial charge in [-0.25, -0.2) is 0 Å². The molecular formula is C3H10IPt-3. The molecule has 42 valence electrons. The topological polar surface area (TPSA) is 0 Å². The van der Waals surface area contributed by atoms with E-state index in [1.54, 1.807) is 0 Å². The van der Waals surface area contributed by atoms with Gasteiger partial charge in [-0.05, 0) is 0 Å². The molecule has 0 fully saturated rings. The number of hydrogen-bond acceptors (Lipinski definition) is 0. The molecule has 5 heavy (non-hydrogen) atoms. The van der Waals surface area contributed by atoms with Crippen molar-refractivity contribution in [3.8, 4) is 0 Å². The van der Waals surface area contributed by atoms with Gasteiger partial charge in [-0.2, -0.15) is 0 Å². The van der Waals surface area contributed by atoms with Crippen molar-refractivity contribution in [1.82, 2.24) is 0 Å². The predicted octanol–water partition coefficient (Wildman–Crippen LogP) is 1.97. The van der Waals surface area contributed by atoms with Crippen molar-refractivity contribution in [2.24, 2.45) is 0 Å². The first kappa shape index (κ1) is 93.7. The average Bonchev–Trinajstić information content (AvgIpc) is 0. The molecule has 0 rings (SSSR count). The van der Waals surface area contributed by atoms with Gasteiger partial charge >= 0.3 is 0 Å². The quantitative estimate of drug-likeness (QED) is 0.453. The van der Waals surface area contributed by atoms with Crippen LogP contribution in [0.5, 0.6) is 0 Å². The van der Waals surface area contributed by atoms with Gasteiger partial charge in [0.2, 0.25) is 0 Å². The molecular weight excluding hydrogens is 358 g/mol. The first-order chi connectivity index (χ1) is 0. The van der Waals surface area contributed by atoms with Crippen molar-refractivity contribution >= 4 is 24.0 Å². The molecule has 0 unspecified atom stereocenters. The van der Waals surface area contributed by atoms with Crippen LogP contribution in [0.25, 0.3) is 0 Å². The van der Waals surface area contributed by atoms with E-state index in [9.17, 15) is 0 Å². The van der Waals surface area contributed by atoms with Crippen molar-refractivity contribution in [3.05, 3.63) is 22.3 Å². The van der Waals surface area contributed by atoms with Gasteiger partial charge in [-0.3, -0.25) is 0 Å². The standard InChI is InChI=1S/3CH3.HI.Pt/h3*1H3;1H;/q3*-1;;. The Balaban J connectivity index is 0. The zero-order valence-corrected chi connectivity index (χ0v) is 8.33. The van der Waals surface area contributed by atoms with Gasteiger partial charge in [-0.15, -0.1) is 24.0 Å². The van der Waals surface area contributed by atoms with Crippen LogP contribution >= 0.6 is 24.0 Å². The number of rotatable bonds is 0. The molecule has 0 amide bonds. The minimum atomic E-state index is 0. The minimum absolute atomic E-state index is 0. The molecule has 0 saturated heterocycles. The van der Waals surface area contributed by atoms with Gasteiger partial charge < -0.3 is 22.3 Å². The summed E-state index contributed by atoms with van der Waals surface area (Å²) in [5.41, 5.74) is 0. The Morgan fingerprint density at radius 3 is 0.600 bits per heavy atom. The predicted molar refractivity (Wildman–Crippen MR) is 34.7 cm³/mol. The van der Waals surface area contributed by atoms with Gasteiger partial charge in [0.05, 0.1) is 0 Å². The average molecular weight is 368 g/mol. The fourth-order valence-electron chi connectivity index (χ4n) is 0. The van der Waals surface area contributed by atoms with Gasteiger partial charge in [0.15, 0.2) is 0 Å². The molecule has 0 aromatic heterocycles. The SMILES string of the molecule is I.[CH3-].[CH3-].[CH3-].[Pt]. The van der Waals surface area contributed by atoms with Crippen molar-refractivity contribution in [3.63, 3.8) is 0 Å². The normalized spacial score (nSPS) is 0. The van der Waals surface area contributed by atoms with Crippen LogP contribution in [0, 0.1) is 22.3 Å². The molecule has 0 radical (unpaired) electrons. The van der Waals surface area contributed by atoms with E-state index in [1.807, 2.05) is 0 Å². The van der Waals surface area contributed by atoms with Gasteiger partial charge in [0.1, 0.15) is 0 Å². The van der Waals surface area contributed by atoms with Crippen molar-refractivity contribution < 1.29 is 21.1 Å². The summed E-state index contributed by atoms with van der Waals surface area (Å²) in [5.74, 6) is 0. The van der Waals surface area contributed by atoms with Gasteiger partial charge in [0, 0.05) is 21.1 Å². The molecule has 0 aliphatic rings. The van der Waals surface area contributed by atoms with Crippen molar-refractivity contribution in [2.75, 3.05) is 0 Å². The minimum Gasteiger partial charge on any atom is -0.358 e. The second kappa shape index (κ2) is 52.6. The molecule has 0 atom stereocenters. The summed E-state index contributed by atoms with van der Waals surface area (Å²) in [7, 11) is 0. The van der Waals surface area contributed by atoms with Crippen molar-refractivity contribution in [2.45, 2.75) is 0 Å². The molecule has 0 N–H and O–H groups in total. The van der Waals surface area contributed by atoms with E-state index in [1.165, 1.54) is 0 Å². The zero-order chi connectivity index (χ0) is 0. The maximum absolute atomic E-state index is 0. The van der Waals surface area contributed by atoms with E-state index in [-0.39, 0.29) is 67.3 Å². The summed E-state index contributed by atoms with van der Waals surface area (Å²) in [4.78, 5) is 0. The van der Waals surface area contributed by atoms with E-state index in [2.05, 4.69) is 0 Å². The summed E-state index contributed by atoms with van der Waals surface area (Å²) in [6.45, 7) is 0. The fourth-order valence-corrected chi connectivity index (χ4v) is 0. The molecule has 0 aromatic carbocycles. The molecule has 0 aliphatic heterocycles. The Morgan fingerprint density at radius 2 is 0.600 bits per heavy atom. The monoisotopic (exact) mass is 368 g/mol. The van der Waals surface area contributed by atoms with E-state index >= 15 is 0 Å². The summed E-state index contributed by atoms with van der Waals surface area (Å²) >= 11 is 0. The first-order valence-electron chi connectivity index (χ1n) is 0. The van der Waals surface area contributed by atoms with Crippen LogP contribution in [0.4, 0.5) is 0 Å². The number of hydrogen-bond donors (Lipinski definition) is 0. The molecule has 0 aliphatic carbocycles. The largest absolute Gasteiger partial charge is 0.358 e. The summed E-state index contributed by atoms with van der Waals surface area (Å²) in [5, 5.41) is 0. The second-order valence-corrected chi connectivity index (χ2v) is 0. The van der Waals surface area contributed by atoms with E-state index in [0.717, 1.165) is 0 Å². The van der Waals surface area contributed by atoms with E-state index < -0.39 is 0 Å². The van der Waals surface area contributed by atoms with Crippen LogP contribution < -0.4 is 0 Å². The second-order valence-electron chi connectivity index (χ2n) is 0. The Labute approximate surface area is 67.0 Å². The Morgan fingerprint density at radius 1 is 0.600 bits per heavy atom. The van der Waals surface area contributed by atoms with Crippen LogP contribution in [0.2, 0.25) is 0 Å². The van der Waals surface area contributed by atoms with Crippen molar-refractivity contribution in [1.29, 1.82) is 0 Å². The molecule has 0 aromatic rings. The van der Waals surface area contributed by atoms with Crippen LogP contribution in [0.3, 0.4) is 0 Å². The molecule has 0 spiro atoms. The van der Waals surface area contributed by atoms with Crippen LogP contribution in [-0.4, -0.2) is 0 Å². The summed E-state index contributed by atoms with van der Waals surface area (Å²) < 4.78 is 0. The maximum Gasteiger partial charge on any atom is 0 e. The third-order valence-corrected chi connectivity index (χ3v) is 0. The smallest absolute Gasteiger partial charge is 0 e. The molecule has 2 heteroatoms. The zero-order valence-electron chi connectivity index (χ0n) is 3.72. The summed E-state index contributed by atoms with van der Waals surface area (Å²) in [6.07, 6.45) is 0. The first-order valence-corrected chi connectivity index (χ1v) is 0. The molecule has 0 saturated carbocycles. The van der Waals surface area contributed by atoms with E-state index in [4.69, 9.17) is 0 Å². The van der Waals surface area contributed by atoms with Gasteiger partial charge in [0.25, 0.3) is 0 Å².